The molecule has 0 unspecified atom stereocenters. The first-order valence-electron chi connectivity index (χ1n) is 8.67. The topological polar surface area (TPSA) is 67.3 Å². The Balaban J connectivity index is 1.96. The number of rotatable bonds is 4. The van der Waals surface area contributed by atoms with Gasteiger partial charge in [0.1, 0.15) is 0 Å². The molecule has 0 spiro atoms. The summed E-state index contributed by atoms with van der Waals surface area (Å²) >= 11 is 5.29. The van der Waals surface area contributed by atoms with Crippen molar-refractivity contribution in [1.29, 1.82) is 0 Å². The number of nitrogens with zero attached hydrogens (tertiary/aromatic N) is 2. The molecule has 1 fully saturated rings. The van der Waals surface area contributed by atoms with Crippen molar-refractivity contribution in [3.05, 3.63) is 38.9 Å². The van der Waals surface area contributed by atoms with E-state index in [1.54, 1.807) is 25.3 Å². The van der Waals surface area contributed by atoms with Crippen LogP contribution in [0.3, 0.4) is 0 Å². The molecule has 3 rings (SSSR count). The van der Waals surface area contributed by atoms with Crippen LogP contribution in [0.25, 0.3) is 10.9 Å². The van der Waals surface area contributed by atoms with Crippen LogP contribution >= 0.6 is 12.2 Å². The van der Waals surface area contributed by atoms with Crippen LogP contribution in [0.1, 0.15) is 36.0 Å². The lowest BCUT2D eigenvalue weighted by atomic mass is 10.1. The molecular formula is C18H23N3O3S. The Morgan fingerprint density at radius 3 is 2.64 bits per heavy atom. The minimum Gasteiger partial charge on any atom is -0.383 e. The molecule has 1 aliphatic heterocycles. The molecule has 1 saturated heterocycles. The summed E-state index contributed by atoms with van der Waals surface area (Å²) in [6.07, 6.45) is 4.45. The van der Waals surface area contributed by atoms with Gasteiger partial charge in [-0.15, -0.1) is 0 Å². The van der Waals surface area contributed by atoms with E-state index in [0.717, 1.165) is 25.9 Å². The molecule has 25 heavy (non-hydrogen) atoms. The minimum atomic E-state index is -0.162. The van der Waals surface area contributed by atoms with Gasteiger partial charge in [0.2, 0.25) is 0 Å². The fraction of sp³-hybridized carbons (Fsp3) is 0.500. The Morgan fingerprint density at radius 1 is 1.24 bits per heavy atom. The van der Waals surface area contributed by atoms with Gasteiger partial charge in [0, 0.05) is 25.8 Å². The van der Waals surface area contributed by atoms with E-state index >= 15 is 0 Å². The molecule has 0 bridgehead atoms. The smallest absolute Gasteiger partial charge is 0.262 e. The lowest BCUT2D eigenvalue weighted by Gasteiger charge is -2.20. The zero-order valence-electron chi connectivity index (χ0n) is 14.4. The summed E-state index contributed by atoms with van der Waals surface area (Å²) in [5.74, 6) is 0.0201. The fourth-order valence-corrected chi connectivity index (χ4v) is 3.51. The van der Waals surface area contributed by atoms with E-state index in [-0.39, 0.29) is 11.5 Å². The number of amides is 1. The van der Waals surface area contributed by atoms with Crippen molar-refractivity contribution in [3.63, 3.8) is 0 Å². The second-order valence-corrected chi connectivity index (χ2v) is 6.73. The lowest BCUT2D eigenvalue weighted by Crippen LogP contribution is -2.32. The van der Waals surface area contributed by atoms with Gasteiger partial charge < -0.3 is 14.6 Å². The summed E-state index contributed by atoms with van der Waals surface area (Å²) < 4.78 is 6.85. The summed E-state index contributed by atoms with van der Waals surface area (Å²) in [4.78, 5) is 30.3. The molecule has 2 aromatic rings. The molecule has 0 aliphatic carbocycles. The monoisotopic (exact) mass is 361 g/mol. The van der Waals surface area contributed by atoms with Crippen LogP contribution in [0.5, 0.6) is 0 Å². The molecule has 6 nitrogen and oxygen atoms in total. The Labute approximate surface area is 151 Å². The van der Waals surface area contributed by atoms with Gasteiger partial charge in [0.25, 0.3) is 11.5 Å². The van der Waals surface area contributed by atoms with Gasteiger partial charge in [-0.25, -0.2) is 0 Å². The molecule has 2 heterocycles. The Bertz CT molecular complexity index is 879. The number of nitrogens with one attached hydrogen (secondary N) is 1. The van der Waals surface area contributed by atoms with Crippen LogP contribution in [0.4, 0.5) is 0 Å². The maximum atomic E-state index is 12.8. The van der Waals surface area contributed by atoms with Crippen LogP contribution < -0.4 is 5.56 Å². The van der Waals surface area contributed by atoms with E-state index in [9.17, 15) is 9.59 Å². The predicted molar refractivity (Wildman–Crippen MR) is 99.6 cm³/mol. The number of benzene rings is 1. The van der Waals surface area contributed by atoms with Gasteiger partial charge >= 0.3 is 0 Å². The quantitative estimate of drug-likeness (QED) is 0.851. The number of methoxy groups -OCH3 is 1. The first-order chi connectivity index (χ1) is 12.1. The van der Waals surface area contributed by atoms with Gasteiger partial charge in [0.15, 0.2) is 4.77 Å². The van der Waals surface area contributed by atoms with Crippen molar-refractivity contribution in [2.45, 2.75) is 32.2 Å². The van der Waals surface area contributed by atoms with Crippen molar-refractivity contribution in [2.24, 2.45) is 0 Å². The summed E-state index contributed by atoms with van der Waals surface area (Å²) in [5, 5.41) is 0.525. The highest BCUT2D eigenvalue weighted by Crippen LogP contribution is 2.16. The number of aromatic amines is 1. The molecule has 0 atom stereocenters. The Morgan fingerprint density at radius 2 is 1.96 bits per heavy atom. The average molecular weight is 361 g/mol. The number of fused-ring (bicyclic) bond motifs is 1. The standard InChI is InChI=1S/C18H23N3O3S/c1-24-11-10-21-17(23)14-7-6-13(12-15(14)19-18(21)25)16(22)20-8-4-2-3-5-9-20/h6-7,12H,2-5,8-11H2,1H3,(H,19,25). The van der Waals surface area contributed by atoms with Crippen molar-refractivity contribution in [1.82, 2.24) is 14.5 Å². The zero-order chi connectivity index (χ0) is 17.8. The molecule has 1 amide bonds. The Kier molecular flexibility index (Phi) is 5.65. The van der Waals surface area contributed by atoms with E-state index < -0.39 is 0 Å². The van der Waals surface area contributed by atoms with E-state index in [1.165, 1.54) is 17.4 Å². The highest BCUT2D eigenvalue weighted by molar-refractivity contribution is 7.71. The van der Waals surface area contributed by atoms with Crippen molar-refractivity contribution in [3.8, 4) is 0 Å². The van der Waals surface area contributed by atoms with Gasteiger partial charge in [-0.3, -0.25) is 14.2 Å². The summed E-state index contributed by atoms with van der Waals surface area (Å²) in [7, 11) is 1.58. The maximum absolute atomic E-state index is 12.8. The number of hydrogen-bond donors (Lipinski definition) is 1. The highest BCUT2D eigenvalue weighted by atomic mass is 32.1. The molecule has 1 aromatic carbocycles. The van der Waals surface area contributed by atoms with Gasteiger partial charge in [-0.1, -0.05) is 12.8 Å². The number of ether oxygens (including phenoxy) is 1. The third kappa shape index (κ3) is 3.82. The van der Waals surface area contributed by atoms with Crippen molar-refractivity contribution >= 4 is 29.0 Å². The normalized spacial score (nSPS) is 15.3. The third-order valence-corrected chi connectivity index (χ3v) is 4.96. The number of carbonyl (C=O) groups is 1. The summed E-state index contributed by atoms with van der Waals surface area (Å²) in [5.41, 5.74) is 1.03. The van der Waals surface area contributed by atoms with Crippen LogP contribution in [0, 0.1) is 4.77 Å². The number of aromatic nitrogens is 2. The molecule has 7 heteroatoms. The first kappa shape index (κ1) is 17.8. The largest absolute Gasteiger partial charge is 0.383 e. The molecule has 0 saturated carbocycles. The molecule has 134 valence electrons. The van der Waals surface area contributed by atoms with Gasteiger partial charge in [-0.05, 0) is 43.3 Å². The fourth-order valence-electron chi connectivity index (χ4n) is 3.23. The van der Waals surface area contributed by atoms with E-state index in [2.05, 4.69) is 4.98 Å². The van der Waals surface area contributed by atoms with Crippen LogP contribution in [-0.4, -0.2) is 47.2 Å². The van der Waals surface area contributed by atoms with E-state index in [0.29, 0.717) is 34.4 Å². The second-order valence-electron chi connectivity index (χ2n) is 6.35. The molecule has 1 aliphatic rings. The molecule has 1 aromatic heterocycles. The van der Waals surface area contributed by atoms with Crippen LogP contribution in [0.15, 0.2) is 23.0 Å². The second kappa shape index (κ2) is 7.93. The number of carbonyl (C=O) groups excluding carboxylic acids is 1. The third-order valence-electron chi connectivity index (χ3n) is 4.64. The van der Waals surface area contributed by atoms with Gasteiger partial charge in [-0.2, -0.15) is 0 Å². The van der Waals surface area contributed by atoms with Crippen LogP contribution in [-0.2, 0) is 11.3 Å². The molecule has 0 radical (unpaired) electrons. The number of likely N-dealkylation sites (tertiary alicyclic amines) is 1. The van der Waals surface area contributed by atoms with Crippen LogP contribution in [0.2, 0.25) is 0 Å². The Hall–Kier alpha value is -1.99. The van der Waals surface area contributed by atoms with E-state index in [4.69, 9.17) is 17.0 Å². The maximum Gasteiger partial charge on any atom is 0.262 e. The minimum absolute atomic E-state index is 0.0201. The molecule has 1 N–H and O–H groups in total. The number of H-pyrrole nitrogens is 1. The highest BCUT2D eigenvalue weighted by Gasteiger charge is 2.18. The van der Waals surface area contributed by atoms with E-state index in [1.807, 2.05) is 4.90 Å². The first-order valence-corrected chi connectivity index (χ1v) is 9.08. The SMILES string of the molecule is COCCn1c(=S)[nH]c2cc(C(=O)N3CCCCCC3)ccc2c1=O. The summed E-state index contributed by atoms with van der Waals surface area (Å²) in [6, 6.07) is 5.17. The molecular weight excluding hydrogens is 338 g/mol. The van der Waals surface area contributed by atoms with Crippen molar-refractivity contribution < 1.29 is 9.53 Å². The van der Waals surface area contributed by atoms with Gasteiger partial charge in [0.05, 0.1) is 24.1 Å². The predicted octanol–water partition coefficient (Wildman–Crippen LogP) is 2.72. The zero-order valence-corrected chi connectivity index (χ0v) is 15.2. The summed E-state index contributed by atoms with van der Waals surface area (Å²) in [6.45, 7) is 2.40. The average Bonchev–Trinajstić information content (AvgIpc) is 2.90. The lowest BCUT2D eigenvalue weighted by molar-refractivity contribution is 0.0762. The number of hydrogen-bond acceptors (Lipinski definition) is 4. The van der Waals surface area contributed by atoms with Crippen molar-refractivity contribution in [2.75, 3.05) is 26.8 Å².